The summed E-state index contributed by atoms with van der Waals surface area (Å²) in [4.78, 5) is 18.1. The van der Waals surface area contributed by atoms with E-state index in [2.05, 4.69) is 47.9 Å². The Morgan fingerprint density at radius 3 is 2.41 bits per heavy atom. The van der Waals surface area contributed by atoms with Gasteiger partial charge in [0.05, 0.1) is 19.3 Å². The first-order valence-electron chi connectivity index (χ1n) is 10.5. The molecule has 5 heteroatoms. The fourth-order valence-corrected chi connectivity index (χ4v) is 4.80. The van der Waals surface area contributed by atoms with Gasteiger partial charge in [0.15, 0.2) is 0 Å². The Morgan fingerprint density at radius 2 is 1.81 bits per heavy atom. The molecule has 2 N–H and O–H groups in total. The second-order valence-corrected chi connectivity index (χ2v) is 7.93. The molecule has 1 amide bonds. The number of ether oxygens (including phenoxy) is 1. The number of nitrogens with two attached hydrogens (primary N) is 1. The van der Waals surface area contributed by atoms with Gasteiger partial charge in [-0.3, -0.25) is 9.69 Å². The quantitative estimate of drug-likeness (QED) is 0.797. The van der Waals surface area contributed by atoms with Crippen molar-refractivity contribution in [2.75, 3.05) is 45.9 Å². The highest BCUT2D eigenvalue weighted by Crippen LogP contribution is 2.34. The highest BCUT2D eigenvalue weighted by molar-refractivity contribution is 5.82. The van der Waals surface area contributed by atoms with Crippen molar-refractivity contribution in [3.63, 3.8) is 0 Å². The molecular formula is C22H35N3O2. The van der Waals surface area contributed by atoms with Gasteiger partial charge in [0.2, 0.25) is 5.91 Å². The molecule has 0 bridgehead atoms. The van der Waals surface area contributed by atoms with Crippen LogP contribution in [-0.2, 0) is 9.53 Å². The lowest BCUT2D eigenvalue weighted by atomic mass is 9.89. The average Bonchev–Trinajstić information content (AvgIpc) is 3.17. The summed E-state index contributed by atoms with van der Waals surface area (Å²) in [5, 5.41) is 0. The van der Waals surface area contributed by atoms with E-state index in [-0.39, 0.29) is 6.04 Å². The number of rotatable bonds is 7. The van der Waals surface area contributed by atoms with Gasteiger partial charge in [-0.15, -0.1) is 0 Å². The summed E-state index contributed by atoms with van der Waals surface area (Å²) in [6.07, 6.45) is 2.06. The van der Waals surface area contributed by atoms with E-state index in [0.717, 1.165) is 52.2 Å². The molecule has 27 heavy (non-hydrogen) atoms. The molecule has 0 spiro atoms. The number of benzene rings is 1. The molecule has 1 aromatic rings. The minimum Gasteiger partial charge on any atom is -0.379 e. The summed E-state index contributed by atoms with van der Waals surface area (Å²) < 4.78 is 5.53. The first kappa shape index (κ1) is 20.3. The zero-order chi connectivity index (χ0) is 19.2. The van der Waals surface area contributed by atoms with Crippen molar-refractivity contribution in [2.24, 2.45) is 17.6 Å². The number of carbonyl (C=O) groups excluding carboxylic acids is 1. The van der Waals surface area contributed by atoms with E-state index in [9.17, 15) is 4.79 Å². The highest BCUT2D eigenvalue weighted by Gasteiger charge is 2.41. The van der Waals surface area contributed by atoms with Gasteiger partial charge in [0.1, 0.15) is 0 Å². The van der Waals surface area contributed by atoms with Gasteiger partial charge in [-0.2, -0.15) is 0 Å². The van der Waals surface area contributed by atoms with Gasteiger partial charge in [-0.25, -0.2) is 0 Å². The molecular weight excluding hydrogens is 338 g/mol. The van der Waals surface area contributed by atoms with E-state index in [1.807, 2.05) is 6.07 Å². The summed E-state index contributed by atoms with van der Waals surface area (Å²) in [5.41, 5.74) is 7.39. The first-order chi connectivity index (χ1) is 13.2. The fourth-order valence-electron chi connectivity index (χ4n) is 4.80. The van der Waals surface area contributed by atoms with Crippen LogP contribution >= 0.6 is 0 Å². The third-order valence-corrected chi connectivity index (χ3v) is 6.47. The number of amides is 1. The maximum absolute atomic E-state index is 13.6. The van der Waals surface area contributed by atoms with Crippen LogP contribution in [0.4, 0.5) is 0 Å². The van der Waals surface area contributed by atoms with E-state index >= 15 is 0 Å². The molecule has 1 aromatic carbocycles. The van der Waals surface area contributed by atoms with Gasteiger partial charge >= 0.3 is 0 Å². The van der Waals surface area contributed by atoms with Crippen LogP contribution in [0.15, 0.2) is 30.3 Å². The van der Waals surface area contributed by atoms with Crippen LogP contribution in [0.2, 0.25) is 0 Å². The average molecular weight is 374 g/mol. The third kappa shape index (κ3) is 4.53. The van der Waals surface area contributed by atoms with Crippen molar-refractivity contribution < 1.29 is 9.53 Å². The second-order valence-electron chi connectivity index (χ2n) is 7.93. The van der Waals surface area contributed by atoms with Crippen LogP contribution in [-0.4, -0.2) is 67.7 Å². The maximum atomic E-state index is 13.6. The van der Waals surface area contributed by atoms with E-state index in [0.29, 0.717) is 30.2 Å². The predicted molar refractivity (Wildman–Crippen MR) is 109 cm³/mol. The Morgan fingerprint density at radius 1 is 1.15 bits per heavy atom. The van der Waals surface area contributed by atoms with Gasteiger partial charge < -0.3 is 15.4 Å². The molecule has 3 atom stereocenters. The smallest absolute Gasteiger partial charge is 0.240 e. The van der Waals surface area contributed by atoms with Crippen LogP contribution in [0.5, 0.6) is 0 Å². The molecule has 2 fully saturated rings. The maximum Gasteiger partial charge on any atom is 0.240 e. The number of likely N-dealkylation sites (tertiary alicyclic amines) is 1. The number of nitrogens with zero attached hydrogens (tertiary/aromatic N) is 2. The zero-order valence-corrected chi connectivity index (χ0v) is 16.8. The fraction of sp³-hybridized carbons (Fsp3) is 0.682. The predicted octanol–water partition coefficient (Wildman–Crippen LogP) is 2.32. The highest BCUT2D eigenvalue weighted by atomic mass is 16.5. The Kier molecular flexibility index (Phi) is 7.27. The number of hydrogen-bond acceptors (Lipinski definition) is 4. The zero-order valence-electron chi connectivity index (χ0n) is 16.8. The lowest BCUT2D eigenvalue weighted by molar-refractivity contribution is -0.140. The van der Waals surface area contributed by atoms with Crippen molar-refractivity contribution in [3.8, 4) is 0 Å². The van der Waals surface area contributed by atoms with E-state index in [1.165, 1.54) is 5.56 Å². The number of hydrogen-bond donors (Lipinski definition) is 1. The SMILES string of the molecule is CCC(CC)C(C(=O)N1C[C@@H](CN)[C@H](c2ccccc2)C1)N1CCOCC1. The van der Waals surface area contributed by atoms with Crippen LogP contribution in [0, 0.1) is 11.8 Å². The minimum atomic E-state index is -0.0307. The van der Waals surface area contributed by atoms with Gasteiger partial charge in [0.25, 0.3) is 0 Å². The molecule has 150 valence electrons. The van der Waals surface area contributed by atoms with E-state index in [1.54, 1.807) is 0 Å². The second kappa shape index (κ2) is 9.67. The molecule has 2 heterocycles. The van der Waals surface area contributed by atoms with Crippen molar-refractivity contribution in [2.45, 2.75) is 38.6 Å². The summed E-state index contributed by atoms with van der Waals surface area (Å²) in [6, 6.07) is 10.5. The molecule has 0 radical (unpaired) electrons. The van der Waals surface area contributed by atoms with Gasteiger partial charge in [-0.05, 0) is 23.9 Å². The van der Waals surface area contributed by atoms with Gasteiger partial charge in [0, 0.05) is 32.1 Å². The largest absolute Gasteiger partial charge is 0.379 e. The van der Waals surface area contributed by atoms with Crippen LogP contribution in [0.25, 0.3) is 0 Å². The summed E-state index contributed by atoms with van der Waals surface area (Å²) in [6.45, 7) is 9.73. The topological polar surface area (TPSA) is 58.8 Å². The van der Waals surface area contributed by atoms with Crippen molar-refractivity contribution >= 4 is 5.91 Å². The number of morpholine rings is 1. The minimum absolute atomic E-state index is 0.0307. The van der Waals surface area contributed by atoms with E-state index < -0.39 is 0 Å². The standard InChI is InChI=1S/C22H35N3O2/c1-3-17(4-2)21(24-10-12-27-13-11-24)22(26)25-15-19(14-23)20(16-25)18-8-6-5-7-9-18/h5-9,17,19-21H,3-4,10-16,23H2,1-2H3/t19-,20+,21?/m1/s1. The Hall–Kier alpha value is -1.43. The van der Waals surface area contributed by atoms with Crippen LogP contribution in [0.3, 0.4) is 0 Å². The molecule has 0 saturated carbocycles. The first-order valence-corrected chi connectivity index (χ1v) is 10.5. The Bertz CT molecular complexity index is 584. The Labute approximate surface area is 163 Å². The van der Waals surface area contributed by atoms with Gasteiger partial charge in [-0.1, -0.05) is 57.0 Å². The lowest BCUT2D eigenvalue weighted by Gasteiger charge is -2.39. The molecule has 0 aromatic heterocycles. The Balaban J connectivity index is 1.78. The molecule has 1 unspecified atom stereocenters. The normalized spacial score (nSPS) is 25.1. The lowest BCUT2D eigenvalue weighted by Crippen LogP contribution is -2.55. The van der Waals surface area contributed by atoms with Crippen molar-refractivity contribution in [1.82, 2.24) is 9.80 Å². The monoisotopic (exact) mass is 373 g/mol. The molecule has 2 aliphatic heterocycles. The molecule has 3 rings (SSSR count). The van der Waals surface area contributed by atoms with Crippen molar-refractivity contribution in [3.05, 3.63) is 35.9 Å². The third-order valence-electron chi connectivity index (χ3n) is 6.47. The summed E-state index contributed by atoms with van der Waals surface area (Å²) >= 11 is 0. The summed E-state index contributed by atoms with van der Waals surface area (Å²) in [5.74, 6) is 1.36. The van der Waals surface area contributed by atoms with Crippen LogP contribution < -0.4 is 5.73 Å². The molecule has 5 nitrogen and oxygen atoms in total. The number of carbonyl (C=O) groups is 1. The van der Waals surface area contributed by atoms with E-state index in [4.69, 9.17) is 10.5 Å². The molecule has 2 aliphatic rings. The van der Waals surface area contributed by atoms with Crippen LogP contribution in [0.1, 0.15) is 38.2 Å². The molecule has 0 aliphatic carbocycles. The van der Waals surface area contributed by atoms with Crippen molar-refractivity contribution in [1.29, 1.82) is 0 Å². The summed E-state index contributed by atoms with van der Waals surface area (Å²) in [7, 11) is 0. The molecule has 2 saturated heterocycles.